The van der Waals surface area contributed by atoms with E-state index in [1.165, 1.54) is 0 Å². The van der Waals surface area contributed by atoms with Crippen LogP contribution < -0.4 is 10.6 Å². The lowest BCUT2D eigenvalue weighted by atomic mass is 10.5. The largest absolute Gasteiger partial charge is 0.440 e. The van der Waals surface area contributed by atoms with Gasteiger partial charge in [-0.3, -0.25) is 4.79 Å². The Morgan fingerprint density at radius 3 is 2.44 bits per heavy atom. The predicted molar refractivity (Wildman–Crippen MR) is 46.6 cm³/mol. The molecule has 0 bridgehead atoms. The molecule has 1 aliphatic carbocycles. The van der Waals surface area contributed by atoms with E-state index in [1.54, 1.807) is 0 Å². The number of hydrogen-bond acceptors (Lipinski definition) is 3. The number of carbonyl (C=O) groups is 2. The number of ether oxygens (including phenoxy) is 1. The molecule has 0 radical (unpaired) electrons. The van der Waals surface area contributed by atoms with Gasteiger partial charge in [0.05, 0.1) is 0 Å². The maximum atomic E-state index is 11.6. The van der Waals surface area contributed by atoms with Crippen molar-refractivity contribution in [2.45, 2.75) is 25.1 Å². The first kappa shape index (κ1) is 12.6. The third kappa shape index (κ3) is 6.10. The fourth-order valence-electron chi connectivity index (χ4n) is 0.857. The van der Waals surface area contributed by atoms with Crippen molar-refractivity contribution < 1.29 is 27.5 Å². The summed E-state index contributed by atoms with van der Waals surface area (Å²) in [6.07, 6.45) is -4.04. The molecular weight excluding hydrogens is 229 g/mol. The second kappa shape index (κ2) is 5.04. The summed E-state index contributed by atoms with van der Waals surface area (Å²) in [5, 5.41) is 4.47. The van der Waals surface area contributed by atoms with Gasteiger partial charge in [0.2, 0.25) is 5.91 Å². The summed E-state index contributed by atoms with van der Waals surface area (Å²) in [6, 6.07) is 0.139. The maximum absolute atomic E-state index is 11.6. The molecule has 92 valence electrons. The van der Waals surface area contributed by atoms with Crippen LogP contribution in [0.15, 0.2) is 0 Å². The first-order chi connectivity index (χ1) is 7.37. The van der Waals surface area contributed by atoms with Gasteiger partial charge in [0.25, 0.3) is 0 Å². The van der Waals surface area contributed by atoms with E-state index in [9.17, 15) is 22.8 Å². The van der Waals surface area contributed by atoms with Crippen molar-refractivity contribution in [1.82, 2.24) is 10.6 Å². The summed E-state index contributed by atoms with van der Waals surface area (Å²) in [6.45, 7) is -2.05. The molecule has 0 unspecified atom stereocenters. The quantitative estimate of drug-likeness (QED) is 0.754. The molecule has 1 aliphatic rings. The van der Waals surface area contributed by atoms with Gasteiger partial charge in [0.15, 0.2) is 6.61 Å². The summed E-state index contributed by atoms with van der Waals surface area (Å²) < 4.78 is 38.7. The van der Waals surface area contributed by atoms with Crippen LogP contribution in [0.25, 0.3) is 0 Å². The van der Waals surface area contributed by atoms with E-state index < -0.39 is 24.8 Å². The number of rotatable bonds is 4. The van der Waals surface area contributed by atoms with E-state index in [2.05, 4.69) is 10.1 Å². The molecule has 1 fully saturated rings. The van der Waals surface area contributed by atoms with Gasteiger partial charge in [-0.05, 0) is 12.8 Å². The lowest BCUT2D eigenvalue weighted by Gasteiger charge is -2.08. The molecule has 1 rings (SSSR count). The Morgan fingerprint density at radius 2 is 1.94 bits per heavy atom. The molecule has 2 N–H and O–H groups in total. The third-order valence-electron chi connectivity index (χ3n) is 1.70. The van der Waals surface area contributed by atoms with Crippen molar-refractivity contribution in [2.24, 2.45) is 0 Å². The van der Waals surface area contributed by atoms with Crippen LogP contribution in [0.2, 0.25) is 0 Å². The highest BCUT2D eigenvalue weighted by Gasteiger charge is 2.29. The molecule has 0 aromatic rings. The molecule has 0 aliphatic heterocycles. The Morgan fingerprint density at radius 1 is 1.31 bits per heavy atom. The van der Waals surface area contributed by atoms with Gasteiger partial charge in [-0.1, -0.05) is 0 Å². The van der Waals surface area contributed by atoms with Gasteiger partial charge in [-0.15, -0.1) is 0 Å². The standard InChI is InChI=1S/C8H11F3N2O3/c9-8(10,11)4-16-7(15)12-3-6(14)13-5-1-2-5/h5H,1-4H2,(H,12,15)(H,13,14). The third-order valence-corrected chi connectivity index (χ3v) is 1.70. The predicted octanol–water partition coefficient (Wildman–Crippen LogP) is 0.554. The molecule has 0 saturated heterocycles. The van der Waals surface area contributed by atoms with Crippen molar-refractivity contribution in [3.8, 4) is 0 Å². The fourth-order valence-corrected chi connectivity index (χ4v) is 0.857. The second-order valence-corrected chi connectivity index (χ2v) is 3.39. The van der Waals surface area contributed by atoms with Crippen LogP contribution in [0.4, 0.5) is 18.0 Å². The molecule has 0 atom stereocenters. The summed E-state index contributed by atoms with van der Waals surface area (Å²) in [7, 11) is 0. The van der Waals surface area contributed by atoms with E-state index in [4.69, 9.17) is 0 Å². The summed E-state index contributed by atoms with van der Waals surface area (Å²) in [5.74, 6) is -0.438. The minimum Gasteiger partial charge on any atom is -0.440 e. The van der Waals surface area contributed by atoms with Gasteiger partial charge < -0.3 is 15.4 Å². The maximum Gasteiger partial charge on any atom is 0.422 e. The van der Waals surface area contributed by atoms with E-state index >= 15 is 0 Å². The normalized spacial score (nSPS) is 15.4. The van der Waals surface area contributed by atoms with Crippen LogP contribution in [0.5, 0.6) is 0 Å². The van der Waals surface area contributed by atoms with E-state index in [1.807, 2.05) is 5.32 Å². The fraction of sp³-hybridized carbons (Fsp3) is 0.750. The van der Waals surface area contributed by atoms with Crippen LogP contribution in [0.3, 0.4) is 0 Å². The molecule has 2 amide bonds. The van der Waals surface area contributed by atoms with E-state index in [0.29, 0.717) is 0 Å². The number of hydrogen-bond donors (Lipinski definition) is 2. The molecule has 0 aromatic carbocycles. The number of carbonyl (C=O) groups excluding carboxylic acids is 2. The van der Waals surface area contributed by atoms with Crippen molar-refractivity contribution in [2.75, 3.05) is 13.2 Å². The van der Waals surface area contributed by atoms with Gasteiger partial charge in [0, 0.05) is 6.04 Å². The van der Waals surface area contributed by atoms with E-state index in [0.717, 1.165) is 12.8 Å². The number of nitrogens with one attached hydrogen (secondary N) is 2. The highest BCUT2D eigenvalue weighted by Crippen LogP contribution is 2.18. The van der Waals surface area contributed by atoms with Gasteiger partial charge >= 0.3 is 12.3 Å². The van der Waals surface area contributed by atoms with Gasteiger partial charge in [-0.25, -0.2) is 4.79 Å². The summed E-state index contributed by atoms with van der Waals surface area (Å²) in [4.78, 5) is 21.7. The molecular formula is C8H11F3N2O3. The monoisotopic (exact) mass is 240 g/mol. The lowest BCUT2D eigenvalue weighted by molar-refractivity contribution is -0.160. The summed E-state index contributed by atoms with van der Waals surface area (Å²) in [5.41, 5.74) is 0. The SMILES string of the molecule is O=C(CNC(=O)OCC(F)(F)F)NC1CC1. The van der Waals surface area contributed by atoms with Crippen molar-refractivity contribution in [1.29, 1.82) is 0 Å². The van der Waals surface area contributed by atoms with Crippen molar-refractivity contribution in [3.63, 3.8) is 0 Å². The Kier molecular flexibility index (Phi) is 3.97. The Hall–Kier alpha value is -1.47. The Balaban J connectivity index is 2.07. The molecule has 16 heavy (non-hydrogen) atoms. The number of amides is 2. The average Bonchev–Trinajstić information content (AvgIpc) is 2.94. The number of alkyl halides is 3. The van der Waals surface area contributed by atoms with Gasteiger partial charge in [-0.2, -0.15) is 13.2 Å². The first-order valence-electron chi connectivity index (χ1n) is 4.63. The van der Waals surface area contributed by atoms with Crippen LogP contribution in [0, 0.1) is 0 Å². The highest BCUT2D eigenvalue weighted by atomic mass is 19.4. The minimum atomic E-state index is -4.56. The zero-order chi connectivity index (χ0) is 12.2. The first-order valence-corrected chi connectivity index (χ1v) is 4.63. The topological polar surface area (TPSA) is 67.4 Å². The molecule has 5 nitrogen and oxygen atoms in total. The minimum absolute atomic E-state index is 0.139. The van der Waals surface area contributed by atoms with Crippen LogP contribution in [-0.2, 0) is 9.53 Å². The molecule has 0 spiro atoms. The van der Waals surface area contributed by atoms with Crippen LogP contribution in [0.1, 0.15) is 12.8 Å². The average molecular weight is 240 g/mol. The molecule has 0 heterocycles. The molecule has 0 aromatic heterocycles. The Bertz CT molecular complexity index is 276. The van der Waals surface area contributed by atoms with Crippen molar-refractivity contribution >= 4 is 12.0 Å². The van der Waals surface area contributed by atoms with Gasteiger partial charge in [0.1, 0.15) is 6.54 Å². The highest BCUT2D eigenvalue weighted by molar-refractivity contribution is 5.82. The zero-order valence-electron chi connectivity index (χ0n) is 8.26. The number of halogens is 3. The zero-order valence-corrected chi connectivity index (χ0v) is 8.26. The van der Waals surface area contributed by atoms with Crippen LogP contribution >= 0.6 is 0 Å². The van der Waals surface area contributed by atoms with Crippen LogP contribution in [-0.4, -0.2) is 37.4 Å². The molecule has 1 saturated carbocycles. The lowest BCUT2D eigenvalue weighted by Crippen LogP contribution is -2.38. The van der Waals surface area contributed by atoms with Crippen molar-refractivity contribution in [3.05, 3.63) is 0 Å². The van der Waals surface area contributed by atoms with E-state index in [-0.39, 0.29) is 12.6 Å². The smallest absolute Gasteiger partial charge is 0.422 e. The number of alkyl carbamates (subject to hydrolysis) is 1. The second-order valence-electron chi connectivity index (χ2n) is 3.39. The Labute approximate surface area is 89.3 Å². The summed E-state index contributed by atoms with van der Waals surface area (Å²) >= 11 is 0. The molecule has 8 heteroatoms.